The molecule has 0 bridgehead atoms. The molecule has 0 saturated carbocycles. The standard InChI is InChI=1S/C28H29N3O3S2/c1-5-34-27(33)24-21-8-6-7-9-22(21)35-26(24)31-17(3)14-19(18(31)4)15-23-25(32)30-28(36-23)29-20-12-10-16(2)11-13-20/h10-15H,5-9H2,1-4H3,(H,29,30,32)/b23-15+. The fourth-order valence-electron chi connectivity index (χ4n) is 4.73. The summed E-state index contributed by atoms with van der Waals surface area (Å²) in [6, 6.07) is 9.94. The molecule has 1 aromatic carbocycles. The number of benzene rings is 1. The quantitative estimate of drug-likeness (QED) is 0.312. The molecule has 5 rings (SSSR count). The minimum absolute atomic E-state index is 0.158. The van der Waals surface area contributed by atoms with Gasteiger partial charge in [-0.1, -0.05) is 17.7 Å². The number of rotatable bonds is 5. The number of fused-ring (bicyclic) bond motifs is 1. The number of nitrogens with one attached hydrogen (secondary N) is 1. The first-order chi connectivity index (χ1) is 17.4. The Balaban J connectivity index is 1.50. The minimum Gasteiger partial charge on any atom is -0.462 e. The number of esters is 1. The van der Waals surface area contributed by atoms with E-state index in [1.165, 1.54) is 16.6 Å². The van der Waals surface area contributed by atoms with Crippen LogP contribution in [0.5, 0.6) is 0 Å². The Kier molecular flexibility index (Phi) is 6.90. The molecule has 36 heavy (non-hydrogen) atoms. The Hall–Kier alpha value is -3.10. The number of thioether (sulfide) groups is 1. The summed E-state index contributed by atoms with van der Waals surface area (Å²) in [6.45, 7) is 8.29. The van der Waals surface area contributed by atoms with Gasteiger partial charge in [0.1, 0.15) is 5.00 Å². The van der Waals surface area contributed by atoms with Gasteiger partial charge in [-0.3, -0.25) is 4.79 Å². The van der Waals surface area contributed by atoms with Crippen molar-refractivity contribution < 1.29 is 14.3 Å². The van der Waals surface area contributed by atoms with Crippen LogP contribution < -0.4 is 5.32 Å². The van der Waals surface area contributed by atoms with Crippen molar-refractivity contribution in [3.63, 3.8) is 0 Å². The zero-order valence-corrected chi connectivity index (χ0v) is 22.6. The first-order valence-electron chi connectivity index (χ1n) is 12.2. The Morgan fingerprint density at radius 1 is 1.17 bits per heavy atom. The summed E-state index contributed by atoms with van der Waals surface area (Å²) in [5.74, 6) is -0.406. The number of nitrogens with zero attached hydrogens (tertiary/aromatic N) is 2. The number of thiophene rings is 1. The third-order valence-corrected chi connectivity index (χ3v) is 8.69. The summed E-state index contributed by atoms with van der Waals surface area (Å²) < 4.78 is 7.60. The Morgan fingerprint density at radius 2 is 1.92 bits per heavy atom. The number of ether oxygens (including phenoxy) is 1. The van der Waals surface area contributed by atoms with Crippen LogP contribution in [-0.4, -0.2) is 28.2 Å². The first kappa shape index (κ1) is 24.6. The highest BCUT2D eigenvalue weighted by Crippen LogP contribution is 2.40. The minimum atomic E-state index is -0.248. The summed E-state index contributed by atoms with van der Waals surface area (Å²) in [6.07, 6.45) is 6.07. The number of carbonyl (C=O) groups is 2. The van der Waals surface area contributed by atoms with Crippen molar-refractivity contribution in [1.82, 2.24) is 9.88 Å². The number of aromatic nitrogens is 1. The molecule has 0 radical (unpaired) electrons. The van der Waals surface area contributed by atoms with Crippen LogP contribution >= 0.6 is 23.1 Å². The number of hydrogen-bond acceptors (Lipinski definition) is 6. The van der Waals surface area contributed by atoms with Gasteiger partial charge in [-0.05, 0) is 101 Å². The van der Waals surface area contributed by atoms with E-state index in [2.05, 4.69) is 20.9 Å². The van der Waals surface area contributed by atoms with E-state index in [0.29, 0.717) is 22.2 Å². The number of hydrogen-bond donors (Lipinski definition) is 1. The maximum Gasteiger partial charge on any atom is 0.341 e. The molecule has 1 fully saturated rings. The first-order valence-corrected chi connectivity index (χ1v) is 13.9. The van der Waals surface area contributed by atoms with E-state index < -0.39 is 0 Å². The molecule has 2 aromatic heterocycles. The van der Waals surface area contributed by atoms with Crippen LogP contribution in [0.1, 0.15) is 63.1 Å². The van der Waals surface area contributed by atoms with Gasteiger partial charge in [0.15, 0.2) is 5.17 Å². The summed E-state index contributed by atoms with van der Waals surface area (Å²) in [5.41, 5.74) is 6.77. The highest BCUT2D eigenvalue weighted by molar-refractivity contribution is 8.18. The van der Waals surface area contributed by atoms with Gasteiger partial charge in [0.25, 0.3) is 5.91 Å². The summed E-state index contributed by atoms with van der Waals surface area (Å²) in [4.78, 5) is 32.2. The fourth-order valence-corrected chi connectivity index (χ4v) is 7.05. The normalized spacial score (nSPS) is 17.5. The van der Waals surface area contributed by atoms with E-state index in [1.54, 1.807) is 11.3 Å². The van der Waals surface area contributed by atoms with Crippen LogP contribution in [0, 0.1) is 20.8 Å². The molecule has 1 amide bonds. The molecule has 0 spiro atoms. The maximum atomic E-state index is 13.0. The molecule has 1 aliphatic carbocycles. The van der Waals surface area contributed by atoms with Crippen molar-refractivity contribution in [2.45, 2.75) is 53.4 Å². The maximum absolute atomic E-state index is 13.0. The largest absolute Gasteiger partial charge is 0.462 e. The lowest BCUT2D eigenvalue weighted by Crippen LogP contribution is -2.19. The summed E-state index contributed by atoms with van der Waals surface area (Å²) in [7, 11) is 0. The van der Waals surface area contributed by atoms with E-state index in [1.807, 2.05) is 58.0 Å². The topological polar surface area (TPSA) is 72.7 Å². The van der Waals surface area contributed by atoms with E-state index in [0.717, 1.165) is 64.4 Å². The number of aliphatic imine (C=N–C) groups is 1. The third-order valence-electron chi connectivity index (χ3n) is 6.51. The molecular weight excluding hydrogens is 490 g/mol. The second-order valence-corrected chi connectivity index (χ2v) is 11.2. The molecule has 1 saturated heterocycles. The van der Waals surface area contributed by atoms with Gasteiger partial charge < -0.3 is 14.6 Å². The van der Waals surface area contributed by atoms with Crippen molar-refractivity contribution >= 4 is 51.9 Å². The molecule has 3 aromatic rings. The zero-order valence-electron chi connectivity index (χ0n) is 20.9. The van der Waals surface area contributed by atoms with Crippen molar-refractivity contribution in [2.24, 2.45) is 4.99 Å². The van der Waals surface area contributed by atoms with Gasteiger partial charge in [-0.15, -0.1) is 11.3 Å². The highest BCUT2D eigenvalue weighted by Gasteiger charge is 2.29. The molecule has 0 atom stereocenters. The molecular formula is C28H29N3O3S2. The van der Waals surface area contributed by atoms with Crippen LogP contribution in [0.25, 0.3) is 11.1 Å². The van der Waals surface area contributed by atoms with Crippen LogP contribution in [0.4, 0.5) is 5.69 Å². The second-order valence-electron chi connectivity index (χ2n) is 9.09. The molecule has 0 unspecified atom stereocenters. The van der Waals surface area contributed by atoms with Crippen molar-refractivity contribution in [2.75, 3.05) is 6.61 Å². The Bertz CT molecular complexity index is 1410. The van der Waals surface area contributed by atoms with E-state index in [9.17, 15) is 9.59 Å². The summed E-state index contributed by atoms with van der Waals surface area (Å²) >= 11 is 3.03. The molecule has 8 heteroatoms. The number of amides is 1. The fraction of sp³-hybridized carbons (Fsp3) is 0.321. The third kappa shape index (κ3) is 4.67. The van der Waals surface area contributed by atoms with Gasteiger partial charge in [-0.2, -0.15) is 0 Å². The molecule has 2 aliphatic rings. The lowest BCUT2D eigenvalue weighted by Gasteiger charge is -2.13. The predicted octanol–water partition coefficient (Wildman–Crippen LogP) is 6.41. The molecule has 6 nitrogen and oxygen atoms in total. The number of aryl methyl sites for hydroxylation is 3. The van der Waals surface area contributed by atoms with Gasteiger partial charge in [-0.25, -0.2) is 9.79 Å². The monoisotopic (exact) mass is 519 g/mol. The van der Waals surface area contributed by atoms with Crippen molar-refractivity contribution in [1.29, 1.82) is 0 Å². The van der Waals surface area contributed by atoms with Crippen LogP contribution in [0.15, 0.2) is 40.2 Å². The smallest absolute Gasteiger partial charge is 0.341 e. The zero-order chi connectivity index (χ0) is 25.4. The van der Waals surface area contributed by atoms with Gasteiger partial charge in [0, 0.05) is 16.3 Å². The Labute approximate surface area is 219 Å². The molecule has 3 heterocycles. The van der Waals surface area contributed by atoms with Gasteiger partial charge >= 0.3 is 5.97 Å². The van der Waals surface area contributed by atoms with Gasteiger partial charge in [0.2, 0.25) is 0 Å². The van der Waals surface area contributed by atoms with E-state index >= 15 is 0 Å². The SMILES string of the molecule is CCOC(=O)c1c(-n2c(C)cc(/C=C3/SC(=Nc4ccc(C)cc4)NC3=O)c2C)sc2c1CCCC2. The predicted molar refractivity (Wildman–Crippen MR) is 148 cm³/mol. The van der Waals surface area contributed by atoms with E-state index in [4.69, 9.17) is 4.74 Å². The van der Waals surface area contributed by atoms with E-state index in [-0.39, 0.29) is 11.9 Å². The average Bonchev–Trinajstić information content (AvgIpc) is 3.48. The van der Waals surface area contributed by atoms with Crippen LogP contribution in [0.3, 0.4) is 0 Å². The Morgan fingerprint density at radius 3 is 2.67 bits per heavy atom. The lowest BCUT2D eigenvalue weighted by atomic mass is 9.95. The number of carbonyl (C=O) groups excluding carboxylic acids is 2. The molecule has 186 valence electrons. The highest BCUT2D eigenvalue weighted by atomic mass is 32.2. The van der Waals surface area contributed by atoms with Crippen molar-refractivity contribution in [3.8, 4) is 5.00 Å². The average molecular weight is 520 g/mol. The van der Waals surface area contributed by atoms with Crippen molar-refractivity contribution in [3.05, 3.63) is 73.8 Å². The molecule has 1 aliphatic heterocycles. The van der Waals surface area contributed by atoms with Crippen LogP contribution in [0.2, 0.25) is 0 Å². The number of amidine groups is 1. The summed E-state index contributed by atoms with van der Waals surface area (Å²) in [5, 5.41) is 4.36. The molecule has 1 N–H and O–H groups in total. The van der Waals surface area contributed by atoms with Gasteiger partial charge in [0.05, 0.1) is 22.8 Å². The second kappa shape index (κ2) is 10.1. The van der Waals surface area contributed by atoms with Crippen LogP contribution in [-0.2, 0) is 22.4 Å². The lowest BCUT2D eigenvalue weighted by molar-refractivity contribution is -0.115.